The second-order valence-electron chi connectivity index (χ2n) is 6.35. The monoisotopic (exact) mass is 504 g/mol. The van der Waals surface area contributed by atoms with Crippen LogP contribution in [0.2, 0.25) is 5.02 Å². The quantitative estimate of drug-likeness (QED) is 0.321. The Morgan fingerprint density at radius 1 is 1.11 bits per heavy atom. The van der Waals surface area contributed by atoms with Crippen LogP contribution in [-0.4, -0.2) is 26.2 Å². The largest absolute Gasteiger partial charge is 0.507 e. The highest BCUT2D eigenvalue weighted by molar-refractivity contribution is 14.1. The lowest BCUT2D eigenvalue weighted by Crippen LogP contribution is -2.00. The first kappa shape index (κ1) is 18.8. The molecule has 0 aliphatic heterocycles. The number of fused-ring (bicyclic) bond motifs is 1. The van der Waals surface area contributed by atoms with Crippen LogP contribution in [0.3, 0.4) is 0 Å². The maximum absolute atomic E-state index is 11.3. The van der Waals surface area contributed by atoms with E-state index in [1.807, 2.05) is 24.3 Å². The molecule has 3 N–H and O–H groups in total. The number of imidazole rings is 1. The Morgan fingerprint density at radius 3 is 2.64 bits per heavy atom. The minimum absolute atomic E-state index is 0.0756. The summed E-state index contributed by atoms with van der Waals surface area (Å²) < 4.78 is 0.987. The summed E-state index contributed by atoms with van der Waals surface area (Å²) >= 11 is 8.18. The third-order valence-electron chi connectivity index (χ3n) is 4.45. The number of carboxylic acid groups (broad SMARTS) is 1. The molecule has 3 aromatic carbocycles. The number of aromatic hydroxyl groups is 1. The molecule has 0 atom stereocenters. The second-order valence-corrected chi connectivity index (χ2v) is 7.92. The summed E-state index contributed by atoms with van der Waals surface area (Å²) in [7, 11) is 0. The van der Waals surface area contributed by atoms with Gasteiger partial charge in [-0.25, -0.2) is 9.78 Å². The molecule has 0 spiro atoms. The molecule has 1 aromatic heterocycles. The summed E-state index contributed by atoms with van der Waals surface area (Å²) in [4.78, 5) is 19.2. The fourth-order valence-electron chi connectivity index (χ4n) is 3.11. The molecule has 5 nitrogen and oxygen atoms in total. The van der Waals surface area contributed by atoms with E-state index in [0.29, 0.717) is 6.42 Å². The maximum Gasteiger partial charge on any atom is 0.337 e. The molecule has 0 bridgehead atoms. The van der Waals surface area contributed by atoms with Crippen LogP contribution in [0, 0.1) is 3.57 Å². The minimum atomic E-state index is -1.06. The molecular weight excluding hydrogens is 491 g/mol. The number of nitrogens with one attached hydrogen (secondary N) is 1. The zero-order valence-corrected chi connectivity index (χ0v) is 17.3. The molecule has 0 saturated heterocycles. The number of rotatable bonds is 4. The van der Waals surface area contributed by atoms with Gasteiger partial charge in [-0.1, -0.05) is 35.9 Å². The lowest BCUT2D eigenvalue weighted by molar-refractivity contribution is 0.0697. The third-order valence-corrected chi connectivity index (χ3v) is 5.67. The summed E-state index contributed by atoms with van der Waals surface area (Å²) in [6.45, 7) is 0. The first-order valence-electron chi connectivity index (χ1n) is 8.40. The number of H-pyrrole nitrogens is 1. The maximum atomic E-state index is 11.3. The van der Waals surface area contributed by atoms with Gasteiger partial charge in [0, 0.05) is 21.1 Å². The average Bonchev–Trinajstić information content (AvgIpc) is 3.04. The van der Waals surface area contributed by atoms with E-state index in [1.165, 1.54) is 0 Å². The number of aromatic amines is 1. The van der Waals surface area contributed by atoms with Crippen LogP contribution in [-0.2, 0) is 6.42 Å². The number of phenolic OH excluding ortho intramolecular Hbond substituents is 1. The van der Waals surface area contributed by atoms with Gasteiger partial charge in [-0.15, -0.1) is 0 Å². The molecule has 7 heteroatoms. The first-order valence-corrected chi connectivity index (χ1v) is 9.86. The van der Waals surface area contributed by atoms with E-state index in [-0.39, 0.29) is 16.3 Å². The number of hydrogen-bond donors (Lipinski definition) is 3. The van der Waals surface area contributed by atoms with Gasteiger partial charge in [0.05, 0.1) is 21.6 Å². The summed E-state index contributed by atoms with van der Waals surface area (Å²) in [5, 5.41) is 19.6. The standard InChI is InChI=1S/C21H14ClIN2O3/c22-15-6-5-11(7-14(15)21(27)28)8-20-24-17-9-13(16(23)10-18(17)25-20)12-3-1-2-4-19(12)26/h1-7,9-10,26H,8H2,(H,24,25)(H,27,28). The van der Waals surface area contributed by atoms with Crippen molar-refractivity contribution in [1.82, 2.24) is 9.97 Å². The molecule has 0 saturated carbocycles. The van der Waals surface area contributed by atoms with Crippen LogP contribution in [0.4, 0.5) is 0 Å². The van der Waals surface area contributed by atoms with Gasteiger partial charge < -0.3 is 15.2 Å². The number of aromatic nitrogens is 2. The Kier molecular flexibility index (Phi) is 4.99. The normalized spacial score (nSPS) is 11.1. The van der Waals surface area contributed by atoms with Crippen molar-refractivity contribution in [1.29, 1.82) is 0 Å². The molecule has 1 heterocycles. The van der Waals surface area contributed by atoms with E-state index in [2.05, 4.69) is 32.6 Å². The van der Waals surface area contributed by atoms with Crippen molar-refractivity contribution >= 4 is 51.2 Å². The Labute approximate surface area is 179 Å². The van der Waals surface area contributed by atoms with E-state index in [1.54, 1.807) is 30.3 Å². The number of hydrogen-bond acceptors (Lipinski definition) is 3. The molecular formula is C21H14ClIN2O3. The van der Waals surface area contributed by atoms with Crippen LogP contribution in [0.1, 0.15) is 21.7 Å². The van der Waals surface area contributed by atoms with Gasteiger partial charge in [-0.2, -0.15) is 0 Å². The van der Waals surface area contributed by atoms with Gasteiger partial charge in [-0.3, -0.25) is 0 Å². The molecule has 0 aliphatic carbocycles. The number of phenols is 1. The number of nitrogens with zero attached hydrogens (tertiary/aromatic N) is 1. The topological polar surface area (TPSA) is 86.2 Å². The molecule has 0 amide bonds. The second kappa shape index (κ2) is 7.44. The molecule has 4 aromatic rings. The van der Waals surface area contributed by atoms with Gasteiger partial charge >= 0.3 is 5.97 Å². The Morgan fingerprint density at radius 2 is 1.89 bits per heavy atom. The lowest BCUT2D eigenvalue weighted by atomic mass is 10.0. The SMILES string of the molecule is O=C(O)c1cc(Cc2nc3cc(-c4ccccc4O)c(I)cc3[nH]2)ccc1Cl. The molecule has 0 unspecified atom stereocenters. The number of para-hydroxylation sites is 1. The fourth-order valence-corrected chi connectivity index (χ4v) is 4.07. The van der Waals surface area contributed by atoms with Gasteiger partial charge in [0.2, 0.25) is 0 Å². The number of aromatic carboxylic acids is 1. The summed E-state index contributed by atoms with van der Waals surface area (Å²) in [5.41, 5.74) is 4.20. The average molecular weight is 505 g/mol. The van der Waals surface area contributed by atoms with E-state index in [9.17, 15) is 15.0 Å². The van der Waals surface area contributed by atoms with Crippen molar-refractivity contribution in [3.05, 3.63) is 80.1 Å². The highest BCUT2D eigenvalue weighted by Crippen LogP contribution is 2.34. The molecule has 0 aliphatic rings. The van der Waals surface area contributed by atoms with Crippen molar-refractivity contribution in [2.24, 2.45) is 0 Å². The lowest BCUT2D eigenvalue weighted by Gasteiger charge is -2.07. The number of carbonyl (C=O) groups is 1. The highest BCUT2D eigenvalue weighted by atomic mass is 127. The number of carboxylic acids is 1. The van der Waals surface area contributed by atoms with E-state index >= 15 is 0 Å². The Hall–Kier alpha value is -2.58. The Bertz CT molecular complexity index is 1220. The van der Waals surface area contributed by atoms with Crippen molar-refractivity contribution in [3.63, 3.8) is 0 Å². The third kappa shape index (κ3) is 3.57. The van der Waals surface area contributed by atoms with Crippen LogP contribution >= 0.6 is 34.2 Å². The van der Waals surface area contributed by atoms with E-state index in [0.717, 1.165) is 37.1 Å². The van der Waals surface area contributed by atoms with Crippen LogP contribution < -0.4 is 0 Å². The van der Waals surface area contributed by atoms with Crippen LogP contribution in [0.15, 0.2) is 54.6 Å². The molecule has 140 valence electrons. The molecule has 0 fully saturated rings. The van der Waals surface area contributed by atoms with Crippen molar-refractivity contribution < 1.29 is 15.0 Å². The number of halogens is 2. The predicted molar refractivity (Wildman–Crippen MR) is 117 cm³/mol. The smallest absolute Gasteiger partial charge is 0.337 e. The van der Waals surface area contributed by atoms with E-state index in [4.69, 9.17) is 11.6 Å². The number of benzene rings is 3. The van der Waals surface area contributed by atoms with Crippen molar-refractivity contribution in [2.75, 3.05) is 0 Å². The molecule has 4 rings (SSSR count). The van der Waals surface area contributed by atoms with E-state index < -0.39 is 5.97 Å². The van der Waals surface area contributed by atoms with Crippen LogP contribution in [0.5, 0.6) is 5.75 Å². The first-order chi connectivity index (χ1) is 13.4. The van der Waals surface area contributed by atoms with Gasteiger partial charge in [0.25, 0.3) is 0 Å². The summed E-state index contributed by atoms with van der Waals surface area (Å²) in [6, 6.07) is 16.1. The predicted octanol–water partition coefficient (Wildman–Crippen LogP) is 5.48. The van der Waals surface area contributed by atoms with Crippen molar-refractivity contribution in [2.45, 2.75) is 6.42 Å². The molecule has 0 radical (unpaired) electrons. The highest BCUT2D eigenvalue weighted by Gasteiger charge is 2.14. The summed E-state index contributed by atoms with van der Waals surface area (Å²) in [5.74, 6) is -0.116. The fraction of sp³-hybridized carbons (Fsp3) is 0.0476. The van der Waals surface area contributed by atoms with Gasteiger partial charge in [0.1, 0.15) is 11.6 Å². The zero-order chi connectivity index (χ0) is 19.8. The van der Waals surface area contributed by atoms with Gasteiger partial charge in [0.15, 0.2) is 0 Å². The minimum Gasteiger partial charge on any atom is -0.507 e. The van der Waals surface area contributed by atoms with Crippen LogP contribution in [0.25, 0.3) is 22.2 Å². The zero-order valence-electron chi connectivity index (χ0n) is 14.4. The Balaban J connectivity index is 1.72. The summed E-state index contributed by atoms with van der Waals surface area (Å²) in [6.07, 6.45) is 0.453. The molecule has 28 heavy (non-hydrogen) atoms. The van der Waals surface area contributed by atoms with Gasteiger partial charge in [-0.05, 0) is 58.5 Å². The van der Waals surface area contributed by atoms with Crippen molar-refractivity contribution in [3.8, 4) is 16.9 Å².